The molecule has 0 spiro atoms. The number of methoxy groups -OCH3 is 1. The lowest BCUT2D eigenvalue weighted by atomic mass is 10.2. The first-order valence-electron chi connectivity index (χ1n) is 7.71. The average Bonchev–Trinajstić information content (AvgIpc) is 2.58. The maximum Gasteiger partial charge on any atom is 0.290 e. The molecular weight excluding hydrogens is 306 g/mol. The van der Waals surface area contributed by atoms with Gasteiger partial charge in [-0.3, -0.25) is 4.79 Å². The largest absolute Gasteiger partial charge is 0.385 e. The van der Waals surface area contributed by atoms with Gasteiger partial charge in [0, 0.05) is 27.4 Å². The van der Waals surface area contributed by atoms with Crippen LogP contribution in [0, 0.1) is 0 Å². The van der Waals surface area contributed by atoms with E-state index in [1.165, 1.54) is 30.1 Å². The van der Waals surface area contributed by atoms with E-state index in [1.807, 2.05) is 6.92 Å². The molecule has 0 bridgehead atoms. The Kier molecular flexibility index (Phi) is 9.11. The maximum absolute atomic E-state index is 11.9. The summed E-state index contributed by atoms with van der Waals surface area (Å²) in [6.45, 7) is 4.01. The van der Waals surface area contributed by atoms with E-state index in [0.29, 0.717) is 5.69 Å². The zero-order valence-electron chi connectivity index (χ0n) is 13.6. The minimum atomic E-state index is -0.360. The number of anilines is 1. The Bertz CT molecular complexity index is 478. The fourth-order valence-electron chi connectivity index (χ4n) is 2.10. The molecule has 1 atom stereocenters. The molecule has 1 aromatic heterocycles. The van der Waals surface area contributed by atoms with Gasteiger partial charge in [0.2, 0.25) is 0 Å². The van der Waals surface area contributed by atoms with Gasteiger partial charge in [-0.2, -0.15) is 9.78 Å². The first-order valence-corrected chi connectivity index (χ1v) is 8.09. The maximum atomic E-state index is 11.9. The smallest absolute Gasteiger partial charge is 0.290 e. The van der Waals surface area contributed by atoms with Crippen molar-refractivity contribution in [3.05, 3.63) is 21.6 Å². The van der Waals surface area contributed by atoms with E-state index in [9.17, 15) is 4.79 Å². The molecule has 1 aliphatic heterocycles. The molecule has 1 fully saturated rings. The normalized spacial score (nSPS) is 15.6. The van der Waals surface area contributed by atoms with E-state index < -0.39 is 0 Å². The van der Waals surface area contributed by atoms with Gasteiger partial charge in [-0.1, -0.05) is 24.9 Å². The molecule has 0 radical (unpaired) electrons. The van der Waals surface area contributed by atoms with Crippen molar-refractivity contribution in [1.29, 1.82) is 0 Å². The van der Waals surface area contributed by atoms with E-state index in [4.69, 9.17) is 21.1 Å². The second-order valence-corrected chi connectivity index (χ2v) is 5.40. The fraction of sp³-hybridized carbons (Fsp3) is 0.733. The van der Waals surface area contributed by atoms with Gasteiger partial charge in [-0.15, -0.1) is 0 Å². The summed E-state index contributed by atoms with van der Waals surface area (Å²) in [7, 11) is 3.24. The van der Waals surface area contributed by atoms with Crippen molar-refractivity contribution in [3.63, 3.8) is 0 Å². The molecule has 1 aliphatic rings. The average molecular weight is 332 g/mol. The molecule has 0 saturated carbocycles. The summed E-state index contributed by atoms with van der Waals surface area (Å²) in [4.78, 5) is 11.9. The molecule has 2 rings (SSSR count). The number of aromatic nitrogens is 2. The third kappa shape index (κ3) is 5.59. The monoisotopic (exact) mass is 331 g/mol. The number of halogens is 1. The Hall–Kier alpha value is -1.11. The van der Waals surface area contributed by atoms with E-state index in [-0.39, 0.29) is 16.8 Å². The van der Waals surface area contributed by atoms with Crippen molar-refractivity contribution in [3.8, 4) is 0 Å². The Morgan fingerprint density at radius 3 is 2.55 bits per heavy atom. The molecule has 1 aromatic rings. The number of nitrogens with zero attached hydrogens (tertiary/aromatic N) is 2. The quantitative estimate of drug-likeness (QED) is 0.898. The summed E-state index contributed by atoms with van der Waals surface area (Å²) in [6, 6.07) is 0. The zero-order valence-corrected chi connectivity index (χ0v) is 14.4. The molecule has 0 aliphatic carbocycles. The molecule has 7 heteroatoms. The highest BCUT2D eigenvalue weighted by atomic mass is 35.5. The number of hydrogen-bond donors (Lipinski definition) is 1. The minimum Gasteiger partial charge on any atom is -0.385 e. The van der Waals surface area contributed by atoms with Crippen molar-refractivity contribution >= 4 is 17.3 Å². The van der Waals surface area contributed by atoms with Gasteiger partial charge >= 0.3 is 0 Å². The second-order valence-electron chi connectivity index (χ2n) is 5.02. The van der Waals surface area contributed by atoms with Crippen LogP contribution in [0.4, 0.5) is 5.69 Å². The third-order valence-corrected chi connectivity index (χ3v) is 3.74. The van der Waals surface area contributed by atoms with E-state index in [2.05, 4.69) is 10.4 Å². The van der Waals surface area contributed by atoms with Crippen molar-refractivity contribution in [2.75, 3.05) is 32.7 Å². The predicted molar refractivity (Wildman–Crippen MR) is 88.7 cm³/mol. The molecule has 1 unspecified atom stereocenters. The summed E-state index contributed by atoms with van der Waals surface area (Å²) in [5.41, 5.74) is 0.183. The highest BCUT2D eigenvalue weighted by Crippen LogP contribution is 2.17. The SMILES string of the molecule is C1CCOCC1.CCCC(OC)n1ncc(NC)c(Cl)c1=O. The highest BCUT2D eigenvalue weighted by Gasteiger charge is 2.15. The van der Waals surface area contributed by atoms with Crippen molar-refractivity contribution < 1.29 is 9.47 Å². The predicted octanol–water partition coefficient (Wildman–Crippen LogP) is 3.07. The highest BCUT2D eigenvalue weighted by molar-refractivity contribution is 6.32. The van der Waals surface area contributed by atoms with Crippen LogP contribution in [0.3, 0.4) is 0 Å². The molecular formula is C15H26ClN3O3. The lowest BCUT2D eigenvalue weighted by Gasteiger charge is -2.16. The fourth-order valence-corrected chi connectivity index (χ4v) is 2.33. The van der Waals surface area contributed by atoms with Crippen molar-refractivity contribution in [2.45, 2.75) is 45.3 Å². The standard InChI is InChI=1S/C10H16ClN3O2.C5H10O/c1-4-5-8(16-3)14-10(15)9(11)7(12-2)6-13-14;1-2-4-6-5-3-1/h6,8,12H,4-5H2,1-3H3;1-5H2. The van der Waals surface area contributed by atoms with Crippen LogP contribution in [0.5, 0.6) is 0 Å². The molecule has 1 saturated heterocycles. The van der Waals surface area contributed by atoms with Crippen LogP contribution in [0.15, 0.2) is 11.0 Å². The minimum absolute atomic E-state index is 0.135. The molecule has 2 heterocycles. The Morgan fingerprint density at radius 1 is 1.45 bits per heavy atom. The first-order chi connectivity index (χ1) is 10.7. The molecule has 22 heavy (non-hydrogen) atoms. The van der Waals surface area contributed by atoms with Crippen molar-refractivity contribution in [2.24, 2.45) is 0 Å². The molecule has 6 nitrogen and oxygen atoms in total. The van der Waals surface area contributed by atoms with Crippen LogP contribution in [-0.4, -0.2) is 37.2 Å². The summed E-state index contributed by atoms with van der Waals surface area (Å²) >= 11 is 5.91. The van der Waals surface area contributed by atoms with Crippen LogP contribution in [0.1, 0.15) is 45.3 Å². The van der Waals surface area contributed by atoms with Gasteiger partial charge in [-0.05, 0) is 25.7 Å². The summed E-state index contributed by atoms with van der Waals surface area (Å²) in [5, 5.41) is 6.97. The van der Waals surface area contributed by atoms with Crippen LogP contribution in [-0.2, 0) is 9.47 Å². The summed E-state index contributed by atoms with van der Waals surface area (Å²) in [5.74, 6) is 0. The number of hydrogen-bond acceptors (Lipinski definition) is 5. The lowest BCUT2D eigenvalue weighted by Crippen LogP contribution is -2.29. The van der Waals surface area contributed by atoms with Gasteiger partial charge in [0.15, 0.2) is 6.23 Å². The molecule has 1 N–H and O–H groups in total. The molecule has 0 amide bonds. The Labute approximate surface area is 136 Å². The topological polar surface area (TPSA) is 65.4 Å². The third-order valence-electron chi connectivity index (χ3n) is 3.37. The Balaban J connectivity index is 0.000000335. The first kappa shape index (κ1) is 18.9. The number of ether oxygens (including phenoxy) is 2. The van der Waals surface area contributed by atoms with Crippen LogP contribution < -0.4 is 10.9 Å². The van der Waals surface area contributed by atoms with Crippen LogP contribution in [0.25, 0.3) is 0 Å². The van der Waals surface area contributed by atoms with Gasteiger partial charge in [0.05, 0.1) is 11.9 Å². The van der Waals surface area contributed by atoms with Gasteiger partial charge in [0.1, 0.15) is 5.02 Å². The van der Waals surface area contributed by atoms with Crippen LogP contribution >= 0.6 is 11.6 Å². The van der Waals surface area contributed by atoms with Gasteiger partial charge in [-0.25, -0.2) is 0 Å². The van der Waals surface area contributed by atoms with Crippen molar-refractivity contribution in [1.82, 2.24) is 9.78 Å². The molecule has 0 aromatic carbocycles. The van der Waals surface area contributed by atoms with E-state index in [1.54, 1.807) is 14.2 Å². The van der Waals surface area contributed by atoms with E-state index in [0.717, 1.165) is 26.1 Å². The zero-order chi connectivity index (χ0) is 16.4. The molecule has 126 valence electrons. The summed E-state index contributed by atoms with van der Waals surface area (Å²) < 4.78 is 11.5. The number of nitrogens with one attached hydrogen (secondary N) is 1. The lowest BCUT2D eigenvalue weighted by molar-refractivity contribution is 0.0224. The van der Waals surface area contributed by atoms with Crippen LogP contribution in [0.2, 0.25) is 5.02 Å². The summed E-state index contributed by atoms with van der Waals surface area (Å²) in [6.07, 6.45) is 6.71. The van der Waals surface area contributed by atoms with E-state index >= 15 is 0 Å². The second kappa shape index (κ2) is 10.6. The Morgan fingerprint density at radius 2 is 2.14 bits per heavy atom. The number of rotatable bonds is 5. The van der Waals surface area contributed by atoms with Gasteiger partial charge in [0.25, 0.3) is 5.56 Å². The van der Waals surface area contributed by atoms with Gasteiger partial charge < -0.3 is 14.8 Å².